The van der Waals surface area contributed by atoms with Crippen LogP contribution >= 0.6 is 0 Å². The van der Waals surface area contributed by atoms with Crippen molar-refractivity contribution in [1.82, 2.24) is 14.6 Å². The lowest BCUT2D eigenvalue weighted by Gasteiger charge is -2.23. The molecule has 2 aliphatic rings. The normalized spacial score (nSPS) is 15.7. The van der Waals surface area contributed by atoms with Crippen molar-refractivity contribution in [3.8, 4) is 11.1 Å². The van der Waals surface area contributed by atoms with Crippen LogP contribution in [0.4, 0.5) is 5.69 Å². The van der Waals surface area contributed by atoms with E-state index in [9.17, 15) is 4.79 Å². The number of hydrogen-bond donors (Lipinski definition) is 0. The van der Waals surface area contributed by atoms with Gasteiger partial charge in [0.25, 0.3) is 5.56 Å². The average Bonchev–Trinajstić information content (AvgIpc) is 3.52. The highest BCUT2D eigenvalue weighted by molar-refractivity contribution is 5.84. The molecule has 0 spiro atoms. The van der Waals surface area contributed by atoms with Crippen LogP contribution in [-0.2, 0) is 6.42 Å². The molecule has 2 aromatic carbocycles. The summed E-state index contributed by atoms with van der Waals surface area (Å²) in [6, 6.07) is 16.5. The van der Waals surface area contributed by atoms with Crippen LogP contribution in [-0.4, -0.2) is 21.2 Å². The number of pyridine rings is 1. The molecular weight excluding hydrogens is 360 g/mol. The molecule has 0 amide bonds. The summed E-state index contributed by atoms with van der Waals surface area (Å²) in [4.78, 5) is 22.2. The zero-order valence-electron chi connectivity index (χ0n) is 16.0. The van der Waals surface area contributed by atoms with Crippen molar-refractivity contribution in [2.45, 2.75) is 25.2 Å². The third-order valence-corrected chi connectivity index (χ3v) is 6.04. The summed E-state index contributed by atoms with van der Waals surface area (Å²) in [6.07, 6.45) is 8.57. The van der Waals surface area contributed by atoms with E-state index in [2.05, 4.69) is 39.2 Å². The van der Waals surface area contributed by atoms with Gasteiger partial charge in [0.2, 0.25) is 0 Å². The van der Waals surface area contributed by atoms with Gasteiger partial charge in [-0.25, -0.2) is 14.6 Å². The minimum atomic E-state index is 0.0438. The molecule has 5 nitrogen and oxygen atoms in total. The number of fused-ring (bicyclic) bond motifs is 2. The predicted octanol–water partition coefficient (Wildman–Crippen LogP) is 4.16. The molecule has 3 heterocycles. The Morgan fingerprint density at radius 3 is 2.83 bits per heavy atom. The number of anilines is 1. The quantitative estimate of drug-likeness (QED) is 0.535. The second kappa shape index (κ2) is 6.27. The molecule has 0 atom stereocenters. The summed E-state index contributed by atoms with van der Waals surface area (Å²) in [5, 5.41) is 3.05. The molecule has 0 bridgehead atoms. The fourth-order valence-electron chi connectivity index (χ4n) is 4.44. The number of aromatic nitrogens is 3. The molecule has 1 aliphatic carbocycles. The van der Waals surface area contributed by atoms with E-state index in [1.54, 1.807) is 17.2 Å². The summed E-state index contributed by atoms with van der Waals surface area (Å²) < 4.78 is 1.79. The van der Waals surface area contributed by atoms with Gasteiger partial charge in [-0.2, -0.15) is 0 Å². The van der Waals surface area contributed by atoms with Crippen molar-refractivity contribution in [1.29, 1.82) is 0 Å². The molecule has 0 saturated heterocycles. The van der Waals surface area contributed by atoms with Gasteiger partial charge < -0.3 is 0 Å². The van der Waals surface area contributed by atoms with E-state index in [0.29, 0.717) is 5.92 Å². The van der Waals surface area contributed by atoms with Gasteiger partial charge in [-0.15, -0.1) is 0 Å². The molecule has 29 heavy (non-hydrogen) atoms. The number of benzene rings is 2. The molecule has 0 unspecified atom stereocenters. The van der Waals surface area contributed by atoms with E-state index in [0.717, 1.165) is 59.1 Å². The Morgan fingerprint density at radius 1 is 1.03 bits per heavy atom. The Bertz CT molecular complexity index is 1310. The first-order valence-corrected chi connectivity index (χ1v) is 10.1. The van der Waals surface area contributed by atoms with Crippen molar-refractivity contribution >= 4 is 16.6 Å². The second-order valence-corrected chi connectivity index (χ2v) is 7.87. The van der Waals surface area contributed by atoms with Gasteiger partial charge in [-0.3, -0.25) is 9.80 Å². The highest BCUT2D eigenvalue weighted by atomic mass is 16.1. The van der Waals surface area contributed by atoms with Gasteiger partial charge in [0.1, 0.15) is 6.33 Å². The Kier molecular flexibility index (Phi) is 3.57. The third kappa shape index (κ3) is 2.65. The first-order valence-electron chi connectivity index (χ1n) is 10.1. The molecule has 0 N–H and O–H groups in total. The minimum absolute atomic E-state index is 0.0438. The van der Waals surface area contributed by atoms with Crippen LogP contribution in [0, 0.1) is 0 Å². The summed E-state index contributed by atoms with van der Waals surface area (Å²) in [5.74, 6) is 0.487. The molecule has 5 heteroatoms. The Labute approximate surface area is 168 Å². The monoisotopic (exact) mass is 380 g/mol. The third-order valence-electron chi connectivity index (χ3n) is 6.04. The Morgan fingerprint density at radius 2 is 1.93 bits per heavy atom. The Hall–Kier alpha value is -3.47. The number of hydrogen-bond acceptors (Lipinski definition) is 4. The molecule has 142 valence electrons. The van der Waals surface area contributed by atoms with Crippen molar-refractivity contribution in [2.24, 2.45) is 0 Å². The predicted molar refractivity (Wildman–Crippen MR) is 114 cm³/mol. The molecular formula is C24H20N4O. The minimum Gasteiger partial charge on any atom is -0.278 e. The highest BCUT2D eigenvalue weighted by Crippen LogP contribution is 2.43. The maximum absolute atomic E-state index is 13.7. The first-order chi connectivity index (χ1) is 14.3. The standard InChI is InChI=1S/C24H20N4O/c29-24-23(18-7-8-21-19(13-18)14-25-15-26-21)20(16-5-6-16)10-12-28(24)27-11-9-17-3-1-2-4-22(17)27/h1-4,7-8,10,12-16H,5-6,9,11H2. The van der Waals surface area contributed by atoms with Crippen LogP contribution in [0.2, 0.25) is 0 Å². The summed E-state index contributed by atoms with van der Waals surface area (Å²) in [7, 11) is 0. The molecule has 1 aliphatic heterocycles. The lowest BCUT2D eigenvalue weighted by atomic mass is 9.97. The second-order valence-electron chi connectivity index (χ2n) is 7.87. The van der Waals surface area contributed by atoms with Gasteiger partial charge in [-0.1, -0.05) is 24.3 Å². The maximum Gasteiger partial charge on any atom is 0.277 e. The average molecular weight is 380 g/mol. The van der Waals surface area contributed by atoms with Crippen LogP contribution in [0.5, 0.6) is 0 Å². The smallest absolute Gasteiger partial charge is 0.277 e. The van der Waals surface area contributed by atoms with Crippen LogP contribution in [0.3, 0.4) is 0 Å². The van der Waals surface area contributed by atoms with E-state index in [4.69, 9.17) is 0 Å². The topological polar surface area (TPSA) is 51.0 Å². The molecule has 2 aromatic heterocycles. The van der Waals surface area contributed by atoms with Crippen molar-refractivity contribution in [2.75, 3.05) is 11.6 Å². The van der Waals surface area contributed by atoms with E-state index in [-0.39, 0.29) is 5.56 Å². The maximum atomic E-state index is 13.7. The fourth-order valence-corrected chi connectivity index (χ4v) is 4.44. The van der Waals surface area contributed by atoms with Gasteiger partial charge in [0, 0.05) is 24.3 Å². The van der Waals surface area contributed by atoms with E-state index < -0.39 is 0 Å². The van der Waals surface area contributed by atoms with Crippen LogP contribution in [0.25, 0.3) is 22.0 Å². The van der Waals surface area contributed by atoms with Gasteiger partial charge in [0.05, 0.1) is 16.8 Å². The summed E-state index contributed by atoms with van der Waals surface area (Å²) in [6.45, 7) is 0.813. The first kappa shape index (κ1) is 16.5. The van der Waals surface area contributed by atoms with Crippen LogP contribution < -0.4 is 10.6 Å². The number of para-hydroxylation sites is 1. The van der Waals surface area contributed by atoms with Crippen molar-refractivity contribution in [3.05, 3.63) is 88.7 Å². The Balaban J connectivity index is 1.55. The summed E-state index contributed by atoms with van der Waals surface area (Å²) in [5.41, 5.74) is 6.26. The van der Waals surface area contributed by atoms with Crippen LogP contribution in [0.1, 0.15) is 29.9 Å². The lowest BCUT2D eigenvalue weighted by molar-refractivity contribution is 0.691. The molecule has 1 saturated carbocycles. The van der Waals surface area contributed by atoms with Gasteiger partial charge >= 0.3 is 0 Å². The SMILES string of the molecule is O=c1c(-c2ccc3ncncc3c2)c(C2CC2)ccn1N1CCc2ccccc21. The zero-order chi connectivity index (χ0) is 19.4. The summed E-state index contributed by atoms with van der Waals surface area (Å²) >= 11 is 0. The van der Waals surface area contributed by atoms with Crippen molar-refractivity contribution in [3.63, 3.8) is 0 Å². The molecule has 0 radical (unpaired) electrons. The van der Waals surface area contributed by atoms with Gasteiger partial charge in [0.15, 0.2) is 0 Å². The number of rotatable bonds is 3. The van der Waals surface area contributed by atoms with E-state index >= 15 is 0 Å². The fraction of sp³-hybridized carbons (Fsp3) is 0.208. The van der Waals surface area contributed by atoms with E-state index in [1.165, 1.54) is 5.56 Å². The lowest BCUT2D eigenvalue weighted by Crippen LogP contribution is -2.38. The van der Waals surface area contributed by atoms with Crippen molar-refractivity contribution < 1.29 is 0 Å². The highest BCUT2D eigenvalue weighted by Gasteiger charge is 2.30. The molecule has 4 aromatic rings. The van der Waals surface area contributed by atoms with Gasteiger partial charge in [-0.05, 0) is 66.1 Å². The largest absolute Gasteiger partial charge is 0.278 e. The zero-order valence-corrected chi connectivity index (χ0v) is 16.0. The van der Waals surface area contributed by atoms with Crippen LogP contribution in [0.15, 0.2) is 72.0 Å². The molecule has 6 rings (SSSR count). The molecule has 1 fully saturated rings. The number of nitrogens with zero attached hydrogens (tertiary/aromatic N) is 4. The van der Waals surface area contributed by atoms with E-state index in [1.807, 2.05) is 30.5 Å².